The molecule has 4 atom stereocenters. The third-order valence-corrected chi connectivity index (χ3v) is 8.73. The number of hydrogen-bond donors (Lipinski definition) is 1. The van der Waals surface area contributed by atoms with E-state index in [1.54, 1.807) is 4.90 Å². The van der Waals surface area contributed by atoms with Crippen molar-refractivity contribution in [2.75, 3.05) is 13.1 Å². The number of hydrogen-bond acceptors (Lipinski definition) is 4. The summed E-state index contributed by atoms with van der Waals surface area (Å²) in [6.07, 6.45) is 0.438. The van der Waals surface area contributed by atoms with Crippen molar-refractivity contribution in [3.63, 3.8) is 0 Å². The standard InChI is InChI=1S/C25H31F3N2O4/c1-15-22-30(14-17-12-18(25(26,27)28)3-4-20(17)34-22)23(33)24(15)9-6-19(13-24)29-10-7-16(8-11-29)2-5-21(31)32/h3-4,12,15-16,19,22H,2,5-11,13-14H2,1H3,(H,31,32)/t15?,19-,22?,24+/m1/s1. The van der Waals surface area contributed by atoms with E-state index in [0.717, 1.165) is 63.7 Å². The molecule has 1 amide bonds. The summed E-state index contributed by atoms with van der Waals surface area (Å²) >= 11 is 0. The van der Waals surface area contributed by atoms with Crippen molar-refractivity contribution in [1.29, 1.82) is 0 Å². The van der Waals surface area contributed by atoms with Gasteiger partial charge in [-0.3, -0.25) is 9.59 Å². The largest absolute Gasteiger partial charge is 0.481 e. The van der Waals surface area contributed by atoms with Gasteiger partial charge in [0, 0.05) is 23.9 Å². The normalized spacial score (nSPS) is 32.1. The van der Waals surface area contributed by atoms with Crippen LogP contribution in [0, 0.1) is 17.3 Å². The Morgan fingerprint density at radius 2 is 1.97 bits per heavy atom. The van der Waals surface area contributed by atoms with Crippen LogP contribution in [0.1, 0.15) is 63.0 Å². The number of halogens is 3. The molecule has 1 aliphatic carbocycles. The maximum Gasteiger partial charge on any atom is 0.416 e. The zero-order valence-electron chi connectivity index (χ0n) is 19.3. The molecule has 3 aliphatic heterocycles. The van der Waals surface area contributed by atoms with E-state index in [-0.39, 0.29) is 24.8 Å². The van der Waals surface area contributed by atoms with Gasteiger partial charge in [0.05, 0.1) is 17.5 Å². The van der Waals surface area contributed by atoms with Crippen LogP contribution in [0.3, 0.4) is 0 Å². The summed E-state index contributed by atoms with van der Waals surface area (Å²) in [5.41, 5.74) is -0.859. The van der Waals surface area contributed by atoms with Crippen LogP contribution in [0.15, 0.2) is 18.2 Å². The van der Waals surface area contributed by atoms with Crippen molar-refractivity contribution < 1.29 is 32.6 Å². The van der Waals surface area contributed by atoms with E-state index in [9.17, 15) is 22.8 Å². The molecular formula is C25H31F3N2O4. The fourth-order valence-electron chi connectivity index (χ4n) is 6.68. The molecule has 2 unspecified atom stereocenters. The van der Waals surface area contributed by atoms with Crippen molar-refractivity contribution in [2.45, 2.75) is 76.9 Å². The van der Waals surface area contributed by atoms with Crippen molar-refractivity contribution in [1.82, 2.24) is 9.80 Å². The van der Waals surface area contributed by atoms with Gasteiger partial charge in [-0.2, -0.15) is 13.2 Å². The number of carboxylic acid groups (broad SMARTS) is 1. The Balaban J connectivity index is 1.26. The molecule has 1 aromatic carbocycles. The van der Waals surface area contributed by atoms with Crippen LogP contribution in [-0.4, -0.2) is 52.1 Å². The SMILES string of the molecule is CC1C2Oc3ccc(C(F)(F)F)cc3CN2C(=O)[C@]12CC[C@@H](N1CCC(CCC(=O)O)CC1)C2. The number of rotatable bonds is 4. The quantitative estimate of drug-likeness (QED) is 0.686. The molecule has 5 rings (SSSR count). The first-order valence-corrected chi connectivity index (χ1v) is 12.2. The summed E-state index contributed by atoms with van der Waals surface area (Å²) in [5, 5.41) is 8.92. The van der Waals surface area contributed by atoms with Gasteiger partial charge in [-0.15, -0.1) is 0 Å². The minimum absolute atomic E-state index is 0.00639. The predicted octanol–water partition coefficient (Wildman–Crippen LogP) is 4.52. The number of aliphatic carboxylic acids is 1. The van der Waals surface area contributed by atoms with Crippen LogP contribution < -0.4 is 4.74 Å². The summed E-state index contributed by atoms with van der Waals surface area (Å²) in [5.74, 6) is 0.0889. The molecule has 1 saturated carbocycles. The third-order valence-electron chi connectivity index (χ3n) is 8.73. The number of piperidine rings is 1. The van der Waals surface area contributed by atoms with E-state index >= 15 is 0 Å². The van der Waals surface area contributed by atoms with Gasteiger partial charge < -0.3 is 19.6 Å². The van der Waals surface area contributed by atoms with Gasteiger partial charge in [0.1, 0.15) is 5.75 Å². The molecule has 0 aromatic heterocycles. The minimum Gasteiger partial charge on any atom is -0.481 e. The van der Waals surface area contributed by atoms with Crippen LogP contribution >= 0.6 is 0 Å². The lowest BCUT2D eigenvalue weighted by molar-refractivity contribution is -0.140. The Hall–Kier alpha value is -2.29. The summed E-state index contributed by atoms with van der Waals surface area (Å²) in [4.78, 5) is 28.6. The summed E-state index contributed by atoms with van der Waals surface area (Å²) in [7, 11) is 0. The second-order valence-corrected chi connectivity index (χ2v) is 10.5. The van der Waals surface area contributed by atoms with Gasteiger partial charge in [0.25, 0.3) is 0 Å². The highest BCUT2D eigenvalue weighted by molar-refractivity contribution is 5.86. The number of alkyl halides is 3. The van der Waals surface area contributed by atoms with E-state index in [4.69, 9.17) is 9.84 Å². The third kappa shape index (κ3) is 3.95. The fourth-order valence-corrected chi connectivity index (χ4v) is 6.68. The Labute approximate surface area is 197 Å². The number of amides is 1. The first-order valence-electron chi connectivity index (χ1n) is 12.2. The number of nitrogens with zero attached hydrogens (tertiary/aromatic N) is 2. The molecule has 186 valence electrons. The first-order chi connectivity index (χ1) is 16.1. The lowest BCUT2D eigenvalue weighted by Crippen LogP contribution is -2.42. The smallest absolute Gasteiger partial charge is 0.416 e. The lowest BCUT2D eigenvalue weighted by atomic mass is 9.76. The number of fused-ring (bicyclic) bond motifs is 2. The van der Waals surface area contributed by atoms with Gasteiger partial charge >= 0.3 is 12.1 Å². The molecular weight excluding hydrogens is 449 g/mol. The predicted molar refractivity (Wildman–Crippen MR) is 117 cm³/mol. The van der Waals surface area contributed by atoms with E-state index in [1.807, 2.05) is 6.92 Å². The second-order valence-electron chi connectivity index (χ2n) is 10.5. The molecule has 4 aliphatic rings. The Morgan fingerprint density at radius 3 is 2.65 bits per heavy atom. The monoisotopic (exact) mass is 480 g/mol. The number of benzene rings is 1. The number of ether oxygens (including phenoxy) is 1. The topological polar surface area (TPSA) is 70.1 Å². The highest BCUT2D eigenvalue weighted by atomic mass is 19.4. The summed E-state index contributed by atoms with van der Waals surface area (Å²) in [6, 6.07) is 3.81. The molecule has 1 aromatic rings. The average Bonchev–Trinajstić information content (AvgIpc) is 3.33. The number of carbonyl (C=O) groups excluding carboxylic acids is 1. The molecule has 1 N–H and O–H groups in total. The van der Waals surface area contributed by atoms with E-state index in [2.05, 4.69) is 4.90 Å². The maximum absolute atomic E-state index is 13.6. The molecule has 1 spiro atoms. The zero-order chi connectivity index (χ0) is 24.3. The lowest BCUT2D eigenvalue weighted by Gasteiger charge is -2.37. The highest BCUT2D eigenvalue weighted by Crippen LogP contribution is 2.55. The van der Waals surface area contributed by atoms with Crippen LogP contribution in [0.25, 0.3) is 0 Å². The van der Waals surface area contributed by atoms with Crippen LogP contribution in [0.5, 0.6) is 5.75 Å². The molecule has 3 heterocycles. The molecule has 3 fully saturated rings. The number of likely N-dealkylation sites (tertiary alicyclic amines) is 1. The maximum atomic E-state index is 13.6. The van der Waals surface area contributed by atoms with Crippen LogP contribution in [0.2, 0.25) is 0 Å². The van der Waals surface area contributed by atoms with Gasteiger partial charge in [-0.05, 0) is 75.7 Å². The number of carboxylic acids is 1. The van der Waals surface area contributed by atoms with Crippen molar-refractivity contribution in [3.8, 4) is 5.75 Å². The summed E-state index contributed by atoms with van der Waals surface area (Å²) < 4.78 is 45.6. The number of carbonyl (C=O) groups is 2. The first kappa shape index (κ1) is 23.5. The Bertz CT molecular complexity index is 975. The minimum atomic E-state index is -4.44. The van der Waals surface area contributed by atoms with Crippen molar-refractivity contribution in [2.24, 2.45) is 17.3 Å². The van der Waals surface area contributed by atoms with Gasteiger partial charge in [0.15, 0.2) is 6.23 Å². The fraction of sp³-hybridized carbons (Fsp3) is 0.680. The van der Waals surface area contributed by atoms with Gasteiger partial charge in [0.2, 0.25) is 5.91 Å². The highest BCUT2D eigenvalue weighted by Gasteiger charge is 2.62. The van der Waals surface area contributed by atoms with E-state index in [0.29, 0.717) is 23.3 Å². The Kier molecular flexibility index (Phi) is 5.81. The molecule has 6 nitrogen and oxygen atoms in total. The van der Waals surface area contributed by atoms with Crippen molar-refractivity contribution >= 4 is 11.9 Å². The average molecular weight is 481 g/mol. The van der Waals surface area contributed by atoms with E-state index < -0.39 is 29.4 Å². The van der Waals surface area contributed by atoms with Crippen LogP contribution in [-0.2, 0) is 22.3 Å². The van der Waals surface area contributed by atoms with Gasteiger partial charge in [-0.1, -0.05) is 6.92 Å². The second kappa shape index (κ2) is 8.43. The molecule has 0 bridgehead atoms. The summed E-state index contributed by atoms with van der Waals surface area (Å²) in [6.45, 7) is 4.03. The molecule has 2 saturated heterocycles. The van der Waals surface area contributed by atoms with Crippen LogP contribution in [0.4, 0.5) is 13.2 Å². The Morgan fingerprint density at radius 1 is 1.24 bits per heavy atom. The van der Waals surface area contributed by atoms with Crippen molar-refractivity contribution in [3.05, 3.63) is 29.3 Å². The molecule has 34 heavy (non-hydrogen) atoms. The molecule has 0 radical (unpaired) electrons. The van der Waals surface area contributed by atoms with E-state index in [1.165, 1.54) is 6.07 Å². The van der Waals surface area contributed by atoms with Gasteiger partial charge in [-0.25, -0.2) is 0 Å². The molecule has 9 heteroatoms. The zero-order valence-corrected chi connectivity index (χ0v) is 19.3.